The molecule has 1 amide bonds. The fourth-order valence-corrected chi connectivity index (χ4v) is 3.92. The number of nitrogens with zero attached hydrogens (tertiary/aromatic N) is 3. The molecule has 11 heteroatoms. The van der Waals surface area contributed by atoms with Gasteiger partial charge in [0.15, 0.2) is 5.13 Å². The van der Waals surface area contributed by atoms with E-state index in [1.165, 1.54) is 66.9 Å². The van der Waals surface area contributed by atoms with E-state index in [9.17, 15) is 18.3 Å². The largest absolute Gasteiger partial charge is 0.506 e. The topological polar surface area (TPSA) is 133 Å². The maximum Gasteiger partial charge on any atom is 0.263 e. The first-order valence-electron chi connectivity index (χ1n) is 7.88. The number of sulfonamides is 1. The molecule has 3 rings (SSSR count). The molecule has 0 radical (unpaired) electrons. The highest BCUT2D eigenvalue weighted by Gasteiger charge is 2.15. The molecular formula is C17H15N5O4S2. The van der Waals surface area contributed by atoms with Gasteiger partial charge in [0.25, 0.3) is 10.0 Å². The molecule has 2 aromatic carbocycles. The van der Waals surface area contributed by atoms with Crippen molar-refractivity contribution < 1.29 is 18.3 Å². The summed E-state index contributed by atoms with van der Waals surface area (Å²) in [6.45, 7) is 1.37. The lowest BCUT2D eigenvalue weighted by Crippen LogP contribution is -2.12. The van der Waals surface area contributed by atoms with Gasteiger partial charge in [0, 0.05) is 24.2 Å². The summed E-state index contributed by atoms with van der Waals surface area (Å²) in [6, 6.07) is 10.1. The fraction of sp³-hybridized carbons (Fsp3) is 0.0588. The van der Waals surface area contributed by atoms with Gasteiger partial charge in [-0.2, -0.15) is 5.11 Å². The quantitative estimate of drug-likeness (QED) is 0.411. The Hall–Kier alpha value is -3.31. The summed E-state index contributed by atoms with van der Waals surface area (Å²) in [4.78, 5) is 15.1. The summed E-state index contributed by atoms with van der Waals surface area (Å²) in [6.07, 6.45) is 1.50. The van der Waals surface area contributed by atoms with Gasteiger partial charge < -0.3 is 10.4 Å². The first kappa shape index (κ1) is 19.5. The van der Waals surface area contributed by atoms with E-state index in [2.05, 4.69) is 25.3 Å². The zero-order valence-corrected chi connectivity index (χ0v) is 16.2. The molecule has 0 fully saturated rings. The number of phenolic OH excluding ortho intramolecular Hbond substituents is 1. The molecule has 0 spiro atoms. The summed E-state index contributed by atoms with van der Waals surface area (Å²) in [7, 11) is -3.75. The van der Waals surface area contributed by atoms with Crippen molar-refractivity contribution in [3.05, 3.63) is 54.0 Å². The summed E-state index contributed by atoms with van der Waals surface area (Å²) < 4.78 is 27.0. The minimum Gasteiger partial charge on any atom is -0.506 e. The normalized spacial score (nSPS) is 11.5. The number of rotatable bonds is 6. The van der Waals surface area contributed by atoms with Gasteiger partial charge in [-0.15, -0.1) is 16.5 Å². The average molecular weight is 417 g/mol. The highest BCUT2D eigenvalue weighted by molar-refractivity contribution is 7.93. The average Bonchev–Trinajstić information content (AvgIpc) is 3.14. The van der Waals surface area contributed by atoms with Crippen molar-refractivity contribution in [2.24, 2.45) is 10.2 Å². The standard InChI is InChI=1S/C17H15N5O4S2/c1-11(23)19-13-4-7-16(24)15(10-13)21-20-12-2-5-14(6-3-12)28(25,26)22-17-18-8-9-27-17/h2-10,24H,1H3,(H,18,22)(H,19,23). The van der Waals surface area contributed by atoms with Crippen LogP contribution in [0, 0.1) is 0 Å². The minimum absolute atomic E-state index is 0.0529. The number of hydrogen-bond donors (Lipinski definition) is 3. The SMILES string of the molecule is CC(=O)Nc1ccc(O)c(N=Nc2ccc(S(=O)(=O)Nc3nccs3)cc2)c1. The fourth-order valence-electron chi connectivity index (χ4n) is 2.14. The Morgan fingerprint density at radius 3 is 2.54 bits per heavy atom. The van der Waals surface area contributed by atoms with E-state index >= 15 is 0 Å². The first-order chi connectivity index (χ1) is 13.3. The number of carbonyl (C=O) groups is 1. The zero-order chi connectivity index (χ0) is 20.1. The van der Waals surface area contributed by atoms with Crippen LogP contribution in [-0.4, -0.2) is 24.4 Å². The molecule has 28 heavy (non-hydrogen) atoms. The van der Waals surface area contributed by atoms with E-state index in [0.29, 0.717) is 11.4 Å². The second-order valence-corrected chi connectivity index (χ2v) is 8.10. The Labute approximate surface area is 164 Å². The highest BCUT2D eigenvalue weighted by Crippen LogP contribution is 2.31. The van der Waals surface area contributed by atoms with Crippen molar-refractivity contribution in [3.63, 3.8) is 0 Å². The van der Waals surface area contributed by atoms with Gasteiger partial charge in [0.1, 0.15) is 11.4 Å². The van der Waals surface area contributed by atoms with Crippen LogP contribution in [0.2, 0.25) is 0 Å². The second kappa shape index (κ2) is 8.15. The molecule has 0 saturated carbocycles. The lowest BCUT2D eigenvalue weighted by Gasteiger charge is -2.05. The van der Waals surface area contributed by atoms with E-state index in [1.54, 1.807) is 5.38 Å². The van der Waals surface area contributed by atoms with Crippen LogP contribution in [0.3, 0.4) is 0 Å². The Morgan fingerprint density at radius 2 is 1.89 bits per heavy atom. The van der Waals surface area contributed by atoms with Crippen molar-refractivity contribution in [1.82, 2.24) is 4.98 Å². The molecule has 0 aliphatic rings. The molecule has 0 bridgehead atoms. The van der Waals surface area contributed by atoms with Crippen molar-refractivity contribution in [2.75, 3.05) is 10.0 Å². The number of carbonyl (C=O) groups excluding carboxylic acids is 1. The van der Waals surface area contributed by atoms with E-state index in [1.807, 2.05) is 0 Å². The summed E-state index contributed by atoms with van der Waals surface area (Å²) in [5.41, 5.74) is 1.01. The summed E-state index contributed by atoms with van der Waals surface area (Å²) in [5, 5.41) is 22.3. The van der Waals surface area contributed by atoms with Crippen molar-refractivity contribution in [3.8, 4) is 5.75 Å². The van der Waals surface area contributed by atoms with Gasteiger partial charge in [0.2, 0.25) is 5.91 Å². The van der Waals surface area contributed by atoms with Crippen LogP contribution < -0.4 is 10.0 Å². The van der Waals surface area contributed by atoms with Gasteiger partial charge >= 0.3 is 0 Å². The third-order valence-electron chi connectivity index (χ3n) is 3.37. The van der Waals surface area contributed by atoms with Crippen LogP contribution in [0.4, 0.5) is 22.2 Å². The molecule has 0 saturated heterocycles. The van der Waals surface area contributed by atoms with Crippen LogP contribution in [0.1, 0.15) is 6.92 Å². The molecule has 0 aliphatic carbocycles. The monoisotopic (exact) mass is 417 g/mol. The maximum atomic E-state index is 12.3. The predicted molar refractivity (Wildman–Crippen MR) is 106 cm³/mol. The van der Waals surface area contributed by atoms with Crippen LogP contribution in [0.5, 0.6) is 5.75 Å². The number of phenols is 1. The molecule has 144 valence electrons. The summed E-state index contributed by atoms with van der Waals surface area (Å²) >= 11 is 1.17. The number of thiazole rings is 1. The molecule has 0 atom stereocenters. The van der Waals surface area contributed by atoms with Gasteiger partial charge in [0.05, 0.1) is 10.6 Å². The van der Waals surface area contributed by atoms with E-state index in [0.717, 1.165) is 0 Å². The maximum absolute atomic E-state index is 12.3. The second-order valence-electron chi connectivity index (χ2n) is 5.52. The number of hydrogen-bond acceptors (Lipinski definition) is 8. The minimum atomic E-state index is -3.75. The Morgan fingerprint density at radius 1 is 1.14 bits per heavy atom. The molecule has 1 heterocycles. The lowest BCUT2D eigenvalue weighted by atomic mass is 10.2. The molecule has 9 nitrogen and oxygen atoms in total. The predicted octanol–water partition coefficient (Wildman–Crippen LogP) is 4.02. The molecule has 3 N–H and O–H groups in total. The first-order valence-corrected chi connectivity index (χ1v) is 10.2. The molecule has 0 unspecified atom stereocenters. The van der Waals surface area contributed by atoms with Crippen molar-refractivity contribution in [2.45, 2.75) is 11.8 Å². The molecule has 1 aromatic heterocycles. The van der Waals surface area contributed by atoms with E-state index < -0.39 is 10.0 Å². The van der Waals surface area contributed by atoms with Gasteiger partial charge in [-0.3, -0.25) is 9.52 Å². The molecule has 0 aliphatic heterocycles. The number of azo groups is 1. The smallest absolute Gasteiger partial charge is 0.263 e. The number of benzene rings is 2. The number of aromatic nitrogens is 1. The van der Waals surface area contributed by atoms with Gasteiger partial charge in [-0.1, -0.05) is 0 Å². The highest BCUT2D eigenvalue weighted by atomic mass is 32.2. The number of anilines is 2. The third kappa shape index (κ3) is 4.90. The lowest BCUT2D eigenvalue weighted by molar-refractivity contribution is -0.114. The van der Waals surface area contributed by atoms with Gasteiger partial charge in [-0.25, -0.2) is 13.4 Å². The Bertz CT molecular complexity index is 1110. The third-order valence-corrected chi connectivity index (χ3v) is 5.54. The molecule has 3 aromatic rings. The number of aromatic hydroxyl groups is 1. The van der Waals surface area contributed by atoms with Gasteiger partial charge in [-0.05, 0) is 42.5 Å². The molecular weight excluding hydrogens is 402 g/mol. The van der Waals surface area contributed by atoms with Crippen molar-refractivity contribution in [1.29, 1.82) is 0 Å². The van der Waals surface area contributed by atoms with Crippen molar-refractivity contribution >= 4 is 49.5 Å². The van der Waals surface area contributed by atoms with E-state index in [-0.39, 0.29) is 27.4 Å². The van der Waals surface area contributed by atoms with E-state index in [4.69, 9.17) is 0 Å². The number of amides is 1. The van der Waals surface area contributed by atoms with Crippen LogP contribution in [0.15, 0.2) is 69.2 Å². The van der Waals surface area contributed by atoms with Crippen LogP contribution in [-0.2, 0) is 14.8 Å². The summed E-state index contributed by atoms with van der Waals surface area (Å²) in [5.74, 6) is -0.360. The Balaban J connectivity index is 1.76. The van der Waals surface area contributed by atoms with Crippen LogP contribution in [0.25, 0.3) is 0 Å². The Kier molecular flexibility index (Phi) is 5.66. The number of nitrogens with one attached hydrogen (secondary N) is 2. The zero-order valence-electron chi connectivity index (χ0n) is 14.5. The van der Waals surface area contributed by atoms with Crippen LogP contribution >= 0.6 is 11.3 Å².